The summed E-state index contributed by atoms with van der Waals surface area (Å²) in [6.45, 7) is 14.7. The van der Waals surface area contributed by atoms with E-state index in [2.05, 4.69) is 44.2 Å². The molecule has 176 valence electrons. The van der Waals surface area contributed by atoms with Crippen molar-refractivity contribution in [1.82, 2.24) is 10.2 Å². The lowest BCUT2D eigenvalue weighted by atomic mass is 9.85. The number of nitrogens with zero attached hydrogens (tertiary/aromatic N) is 1. The van der Waals surface area contributed by atoms with E-state index in [4.69, 9.17) is 9.47 Å². The summed E-state index contributed by atoms with van der Waals surface area (Å²) < 4.78 is 11.0. The molecule has 6 heteroatoms. The average Bonchev–Trinajstić information content (AvgIpc) is 2.64. The molecule has 0 radical (unpaired) electrons. The molecule has 0 fully saturated rings. The van der Waals surface area contributed by atoms with Crippen LogP contribution < -0.4 is 10.1 Å². The van der Waals surface area contributed by atoms with Crippen molar-refractivity contribution in [3.63, 3.8) is 0 Å². The monoisotopic (exact) mass is 434 g/mol. The summed E-state index contributed by atoms with van der Waals surface area (Å²) in [6, 6.07) is 6.91. The Labute approximate surface area is 188 Å². The Balaban J connectivity index is 2.92. The van der Waals surface area contributed by atoms with Gasteiger partial charge in [0, 0.05) is 6.54 Å². The van der Waals surface area contributed by atoms with Crippen molar-refractivity contribution in [3.05, 3.63) is 29.8 Å². The Morgan fingerprint density at radius 3 is 2.23 bits per heavy atom. The number of hydrogen-bond donors (Lipinski definition) is 1. The second kappa shape index (κ2) is 12.1. The van der Waals surface area contributed by atoms with Gasteiger partial charge in [-0.15, -0.1) is 0 Å². The Hall–Kier alpha value is -2.08. The highest BCUT2D eigenvalue weighted by atomic mass is 16.6. The fourth-order valence-electron chi connectivity index (χ4n) is 3.78. The normalized spacial score (nSPS) is 15.7. The summed E-state index contributed by atoms with van der Waals surface area (Å²) in [7, 11) is 4.15. The van der Waals surface area contributed by atoms with Crippen LogP contribution in [-0.4, -0.2) is 49.2 Å². The maximum absolute atomic E-state index is 12.6. The SMILES string of the molecule is CCC(C)C(NC(=O)Oc1cccc(C(CC)C(C)CN(C)C)c1)C(=O)OC(C)(C)C. The Morgan fingerprint density at radius 2 is 1.71 bits per heavy atom. The number of carbonyl (C=O) groups is 2. The van der Waals surface area contributed by atoms with E-state index in [-0.39, 0.29) is 5.92 Å². The quantitative estimate of drug-likeness (QED) is 0.511. The zero-order valence-corrected chi connectivity index (χ0v) is 20.8. The number of rotatable bonds is 10. The van der Waals surface area contributed by atoms with Crippen molar-refractivity contribution in [3.8, 4) is 5.75 Å². The van der Waals surface area contributed by atoms with Crippen LogP contribution in [0.3, 0.4) is 0 Å². The lowest BCUT2D eigenvalue weighted by Crippen LogP contribution is -2.48. The standard InChI is InChI=1S/C25H42N2O4/c1-10-17(3)22(23(28)31-25(5,6)7)26-24(29)30-20-14-12-13-19(15-20)21(11-2)18(4)16-27(8)9/h12-15,17-18,21-22H,10-11,16H2,1-9H3,(H,26,29). The van der Waals surface area contributed by atoms with Crippen molar-refractivity contribution in [2.75, 3.05) is 20.6 Å². The van der Waals surface area contributed by atoms with Gasteiger partial charge < -0.3 is 19.7 Å². The molecule has 0 aliphatic rings. The summed E-state index contributed by atoms with van der Waals surface area (Å²) in [5, 5.41) is 2.71. The minimum Gasteiger partial charge on any atom is -0.458 e. The van der Waals surface area contributed by atoms with Crippen LogP contribution in [0, 0.1) is 11.8 Å². The minimum atomic E-state index is -0.761. The number of hydrogen-bond acceptors (Lipinski definition) is 5. The summed E-state index contributed by atoms with van der Waals surface area (Å²) in [4.78, 5) is 27.4. The number of nitrogens with one attached hydrogen (secondary N) is 1. The number of ether oxygens (including phenoxy) is 2. The number of benzene rings is 1. The van der Waals surface area contributed by atoms with Gasteiger partial charge in [-0.05, 0) is 76.7 Å². The maximum atomic E-state index is 12.6. The van der Waals surface area contributed by atoms with Gasteiger partial charge in [-0.2, -0.15) is 0 Å². The Bertz CT molecular complexity index is 712. The predicted octanol–water partition coefficient (Wildman–Crippen LogP) is 5.22. The first-order valence-electron chi connectivity index (χ1n) is 11.3. The van der Waals surface area contributed by atoms with Gasteiger partial charge in [0.05, 0.1) is 0 Å². The van der Waals surface area contributed by atoms with E-state index in [9.17, 15) is 9.59 Å². The first kappa shape index (κ1) is 27.0. The topological polar surface area (TPSA) is 67.9 Å². The van der Waals surface area contributed by atoms with Crippen LogP contribution in [0.5, 0.6) is 5.75 Å². The third kappa shape index (κ3) is 9.30. The van der Waals surface area contributed by atoms with Crippen molar-refractivity contribution >= 4 is 12.1 Å². The molecule has 0 saturated heterocycles. The predicted molar refractivity (Wildman–Crippen MR) is 125 cm³/mol. The number of esters is 1. The molecular weight excluding hydrogens is 392 g/mol. The molecule has 4 unspecified atom stereocenters. The number of carbonyl (C=O) groups excluding carboxylic acids is 2. The van der Waals surface area contributed by atoms with Crippen molar-refractivity contribution in [1.29, 1.82) is 0 Å². The largest absolute Gasteiger partial charge is 0.458 e. The van der Waals surface area contributed by atoms with Crippen LogP contribution in [0.4, 0.5) is 4.79 Å². The molecule has 0 aliphatic carbocycles. The number of amides is 1. The highest BCUT2D eigenvalue weighted by molar-refractivity contribution is 5.82. The summed E-state index contributed by atoms with van der Waals surface area (Å²) in [6.07, 6.45) is 1.07. The summed E-state index contributed by atoms with van der Waals surface area (Å²) in [5.74, 6) is 0.772. The molecule has 4 atom stereocenters. The first-order valence-corrected chi connectivity index (χ1v) is 11.3. The van der Waals surface area contributed by atoms with Gasteiger partial charge in [0.25, 0.3) is 0 Å². The summed E-state index contributed by atoms with van der Waals surface area (Å²) in [5.41, 5.74) is 0.522. The lowest BCUT2D eigenvalue weighted by Gasteiger charge is -2.27. The molecule has 6 nitrogen and oxygen atoms in total. The first-order chi connectivity index (χ1) is 14.4. The fourth-order valence-corrected chi connectivity index (χ4v) is 3.78. The molecule has 0 aromatic heterocycles. The average molecular weight is 435 g/mol. The van der Waals surface area contributed by atoms with E-state index in [1.807, 2.05) is 46.8 Å². The third-order valence-electron chi connectivity index (χ3n) is 5.42. The van der Waals surface area contributed by atoms with Gasteiger partial charge in [0.2, 0.25) is 0 Å². The molecule has 0 spiro atoms. The fraction of sp³-hybridized carbons (Fsp3) is 0.680. The smallest absolute Gasteiger partial charge is 0.413 e. The molecule has 1 aromatic rings. The van der Waals surface area contributed by atoms with E-state index in [0.717, 1.165) is 24.9 Å². The Kier molecular flexibility index (Phi) is 10.5. The molecule has 0 bridgehead atoms. The highest BCUT2D eigenvalue weighted by Crippen LogP contribution is 2.30. The molecule has 31 heavy (non-hydrogen) atoms. The van der Waals surface area contributed by atoms with Crippen LogP contribution in [-0.2, 0) is 9.53 Å². The Morgan fingerprint density at radius 1 is 1.06 bits per heavy atom. The van der Waals surface area contributed by atoms with Crippen LogP contribution in [0.1, 0.15) is 72.8 Å². The molecule has 1 amide bonds. The van der Waals surface area contributed by atoms with E-state index in [0.29, 0.717) is 17.6 Å². The minimum absolute atomic E-state index is 0.0786. The maximum Gasteiger partial charge on any atom is 0.413 e. The zero-order chi connectivity index (χ0) is 23.8. The van der Waals surface area contributed by atoms with E-state index >= 15 is 0 Å². The van der Waals surface area contributed by atoms with Crippen molar-refractivity contribution < 1.29 is 19.1 Å². The second-order valence-corrected chi connectivity index (χ2v) is 9.76. The van der Waals surface area contributed by atoms with Crippen molar-refractivity contribution in [2.45, 2.75) is 78.9 Å². The van der Waals surface area contributed by atoms with Gasteiger partial charge in [0.15, 0.2) is 0 Å². The lowest BCUT2D eigenvalue weighted by molar-refractivity contribution is -0.158. The molecule has 1 N–H and O–H groups in total. The van der Waals surface area contributed by atoms with Crippen LogP contribution in [0.15, 0.2) is 24.3 Å². The van der Waals surface area contributed by atoms with E-state index in [1.54, 1.807) is 6.07 Å². The van der Waals surface area contributed by atoms with Gasteiger partial charge in [0.1, 0.15) is 17.4 Å². The van der Waals surface area contributed by atoms with Gasteiger partial charge >= 0.3 is 12.1 Å². The van der Waals surface area contributed by atoms with Gasteiger partial charge in [-0.25, -0.2) is 9.59 Å². The molecule has 0 saturated carbocycles. The second-order valence-electron chi connectivity index (χ2n) is 9.76. The van der Waals surface area contributed by atoms with Gasteiger partial charge in [-0.3, -0.25) is 0 Å². The molecule has 0 heterocycles. The molecular formula is C25H42N2O4. The zero-order valence-electron chi connectivity index (χ0n) is 20.8. The van der Waals surface area contributed by atoms with Crippen LogP contribution in [0.2, 0.25) is 0 Å². The highest BCUT2D eigenvalue weighted by Gasteiger charge is 2.31. The molecule has 1 aromatic carbocycles. The van der Waals surface area contributed by atoms with Crippen LogP contribution >= 0.6 is 0 Å². The van der Waals surface area contributed by atoms with Crippen molar-refractivity contribution in [2.24, 2.45) is 11.8 Å². The molecule has 0 aliphatic heterocycles. The summed E-state index contributed by atoms with van der Waals surface area (Å²) >= 11 is 0. The van der Waals surface area contributed by atoms with E-state index < -0.39 is 23.7 Å². The third-order valence-corrected chi connectivity index (χ3v) is 5.42. The molecule has 1 rings (SSSR count). The van der Waals surface area contributed by atoms with Gasteiger partial charge in [-0.1, -0.05) is 46.2 Å². The van der Waals surface area contributed by atoms with E-state index in [1.165, 1.54) is 0 Å². The van der Waals surface area contributed by atoms with Crippen LogP contribution in [0.25, 0.3) is 0 Å².